The monoisotopic (exact) mass is 230 g/mol. The number of aryl methyl sites for hydroxylation is 3. The molecule has 17 heavy (non-hydrogen) atoms. The third-order valence-corrected chi connectivity index (χ3v) is 2.66. The summed E-state index contributed by atoms with van der Waals surface area (Å²) >= 11 is 0. The van der Waals surface area contributed by atoms with Crippen LogP contribution in [0.3, 0.4) is 0 Å². The lowest BCUT2D eigenvalue weighted by atomic mass is 9.94. The summed E-state index contributed by atoms with van der Waals surface area (Å²) in [5.41, 5.74) is 5.97. The van der Waals surface area contributed by atoms with Crippen LogP contribution in [0, 0.1) is 20.8 Å². The molecule has 0 heterocycles. The van der Waals surface area contributed by atoms with Crippen molar-refractivity contribution in [1.29, 1.82) is 0 Å². The molecule has 0 aliphatic rings. The van der Waals surface area contributed by atoms with Crippen molar-refractivity contribution in [3.63, 3.8) is 0 Å². The molecule has 2 heteroatoms. The number of carboxylic acid groups (broad SMARTS) is 1. The maximum atomic E-state index is 10.4. The largest absolute Gasteiger partial charge is 0.478 e. The molecule has 0 unspecified atom stereocenters. The highest BCUT2D eigenvalue weighted by Crippen LogP contribution is 2.24. The van der Waals surface area contributed by atoms with Gasteiger partial charge in [0.05, 0.1) is 0 Å². The molecule has 1 aromatic rings. The molecule has 0 saturated carbocycles. The van der Waals surface area contributed by atoms with Crippen LogP contribution in [0.2, 0.25) is 0 Å². The minimum absolute atomic E-state index is 0.925. The van der Waals surface area contributed by atoms with Gasteiger partial charge in [-0.1, -0.05) is 29.8 Å². The molecule has 1 rings (SSSR count). The second-order valence-electron chi connectivity index (χ2n) is 4.32. The van der Waals surface area contributed by atoms with E-state index in [1.54, 1.807) is 6.08 Å². The van der Waals surface area contributed by atoms with Crippen LogP contribution in [0.15, 0.2) is 30.4 Å². The van der Waals surface area contributed by atoms with E-state index in [0.29, 0.717) is 0 Å². The van der Waals surface area contributed by atoms with Crippen molar-refractivity contribution in [1.82, 2.24) is 0 Å². The summed E-state index contributed by atoms with van der Waals surface area (Å²) in [7, 11) is 0. The molecule has 0 bridgehead atoms. The number of rotatable bonds is 3. The molecule has 1 aromatic carbocycles. The lowest BCUT2D eigenvalue weighted by Crippen LogP contribution is -1.92. The molecule has 1 N–H and O–H groups in total. The van der Waals surface area contributed by atoms with Gasteiger partial charge in [0, 0.05) is 6.08 Å². The van der Waals surface area contributed by atoms with Gasteiger partial charge in [-0.3, -0.25) is 0 Å². The molecule has 2 nitrogen and oxygen atoms in total. The van der Waals surface area contributed by atoms with E-state index in [4.69, 9.17) is 5.11 Å². The maximum Gasteiger partial charge on any atom is 0.328 e. The van der Waals surface area contributed by atoms with Gasteiger partial charge in [-0.05, 0) is 50.0 Å². The van der Waals surface area contributed by atoms with Crippen molar-refractivity contribution in [3.05, 3.63) is 52.6 Å². The Hall–Kier alpha value is -1.83. The fourth-order valence-corrected chi connectivity index (χ4v) is 2.16. The molecule has 0 radical (unpaired) electrons. The van der Waals surface area contributed by atoms with Crippen LogP contribution in [0.5, 0.6) is 0 Å². The van der Waals surface area contributed by atoms with Gasteiger partial charge in [0.1, 0.15) is 0 Å². The molecule has 90 valence electrons. The van der Waals surface area contributed by atoms with Crippen LogP contribution in [0.4, 0.5) is 0 Å². The third-order valence-electron chi connectivity index (χ3n) is 2.66. The molecule has 0 aliphatic heterocycles. The average Bonchev–Trinajstić information content (AvgIpc) is 2.14. The normalized spacial score (nSPS) is 12.1. The van der Waals surface area contributed by atoms with Gasteiger partial charge in [0.25, 0.3) is 0 Å². The van der Waals surface area contributed by atoms with E-state index in [-0.39, 0.29) is 0 Å². The van der Waals surface area contributed by atoms with Crippen molar-refractivity contribution in [2.24, 2.45) is 0 Å². The van der Waals surface area contributed by atoms with Crippen LogP contribution in [0.1, 0.15) is 29.2 Å². The quantitative estimate of drug-likeness (QED) is 0.635. The zero-order chi connectivity index (χ0) is 13.0. The van der Waals surface area contributed by atoms with Crippen LogP contribution in [0.25, 0.3) is 5.57 Å². The predicted octanol–water partition coefficient (Wildman–Crippen LogP) is 3.66. The maximum absolute atomic E-state index is 10.4. The van der Waals surface area contributed by atoms with E-state index in [1.807, 2.05) is 13.0 Å². The van der Waals surface area contributed by atoms with Gasteiger partial charge < -0.3 is 5.11 Å². The molecule has 0 saturated heterocycles. The third kappa shape index (κ3) is 3.59. The van der Waals surface area contributed by atoms with Crippen LogP contribution in [-0.4, -0.2) is 11.1 Å². The van der Waals surface area contributed by atoms with E-state index in [0.717, 1.165) is 11.6 Å². The summed E-state index contributed by atoms with van der Waals surface area (Å²) in [6.07, 6.45) is 4.54. The first-order valence-corrected chi connectivity index (χ1v) is 5.58. The number of carboxylic acids is 1. The number of hydrogen-bond donors (Lipinski definition) is 1. The Kier molecular flexibility index (Phi) is 4.27. The Morgan fingerprint density at radius 2 is 1.71 bits per heavy atom. The summed E-state index contributed by atoms with van der Waals surface area (Å²) in [4.78, 5) is 10.4. The zero-order valence-electron chi connectivity index (χ0n) is 10.7. The fourth-order valence-electron chi connectivity index (χ4n) is 2.16. The molecule has 0 fully saturated rings. The van der Waals surface area contributed by atoms with E-state index >= 15 is 0 Å². The van der Waals surface area contributed by atoms with Crippen molar-refractivity contribution < 1.29 is 9.90 Å². The molecular weight excluding hydrogens is 212 g/mol. The molecule has 0 atom stereocenters. The van der Waals surface area contributed by atoms with Crippen molar-refractivity contribution in [3.8, 4) is 0 Å². The second kappa shape index (κ2) is 5.48. The van der Waals surface area contributed by atoms with Crippen LogP contribution >= 0.6 is 0 Å². The van der Waals surface area contributed by atoms with E-state index < -0.39 is 5.97 Å². The highest BCUT2D eigenvalue weighted by molar-refractivity contribution is 5.81. The average molecular weight is 230 g/mol. The SMILES string of the molecule is C/C(=C\C=C\C(=O)O)c1c(C)cc(C)cc1C. The molecule has 0 amide bonds. The summed E-state index contributed by atoms with van der Waals surface area (Å²) < 4.78 is 0. The number of carbonyl (C=O) groups is 1. The summed E-state index contributed by atoms with van der Waals surface area (Å²) in [6.45, 7) is 8.23. The minimum Gasteiger partial charge on any atom is -0.478 e. The van der Waals surface area contributed by atoms with Gasteiger partial charge in [-0.2, -0.15) is 0 Å². The molecule has 0 spiro atoms. The Morgan fingerprint density at radius 3 is 2.18 bits per heavy atom. The van der Waals surface area contributed by atoms with Crippen molar-refractivity contribution in [2.75, 3.05) is 0 Å². The Bertz CT molecular complexity index is 471. The minimum atomic E-state index is -0.925. The fraction of sp³-hybridized carbons (Fsp3) is 0.267. The number of allylic oxidation sites excluding steroid dienone is 3. The topological polar surface area (TPSA) is 37.3 Å². The second-order valence-corrected chi connectivity index (χ2v) is 4.32. The van der Waals surface area contributed by atoms with Crippen molar-refractivity contribution >= 4 is 11.5 Å². The van der Waals surface area contributed by atoms with Gasteiger partial charge in [0.15, 0.2) is 0 Å². The summed E-state index contributed by atoms with van der Waals surface area (Å²) in [5, 5.41) is 8.53. The number of hydrogen-bond acceptors (Lipinski definition) is 1. The van der Waals surface area contributed by atoms with E-state index in [1.165, 1.54) is 22.3 Å². The first kappa shape index (κ1) is 13.2. The Balaban J connectivity index is 3.12. The predicted molar refractivity (Wildman–Crippen MR) is 71.1 cm³/mol. The molecule has 0 aromatic heterocycles. The first-order valence-electron chi connectivity index (χ1n) is 5.58. The summed E-state index contributed by atoms with van der Waals surface area (Å²) in [5.74, 6) is -0.925. The summed E-state index contributed by atoms with van der Waals surface area (Å²) in [6, 6.07) is 4.28. The Labute approximate surface area is 102 Å². The lowest BCUT2D eigenvalue weighted by molar-refractivity contribution is -0.131. The number of aliphatic carboxylic acids is 1. The lowest BCUT2D eigenvalue weighted by Gasteiger charge is -2.11. The van der Waals surface area contributed by atoms with Gasteiger partial charge >= 0.3 is 5.97 Å². The Morgan fingerprint density at radius 1 is 1.18 bits per heavy atom. The van der Waals surface area contributed by atoms with Crippen LogP contribution in [-0.2, 0) is 4.79 Å². The van der Waals surface area contributed by atoms with E-state index in [2.05, 4.69) is 32.9 Å². The van der Waals surface area contributed by atoms with Gasteiger partial charge in [0.2, 0.25) is 0 Å². The zero-order valence-corrected chi connectivity index (χ0v) is 10.7. The molecule has 0 aliphatic carbocycles. The number of benzene rings is 1. The van der Waals surface area contributed by atoms with E-state index in [9.17, 15) is 4.79 Å². The standard InChI is InChI=1S/C15H18O2/c1-10-8-12(3)15(13(4)9-10)11(2)6-5-7-14(16)17/h5-9H,1-4H3,(H,16,17)/b7-5+,11-6+. The highest BCUT2D eigenvalue weighted by Gasteiger charge is 2.04. The van der Waals surface area contributed by atoms with Gasteiger partial charge in [-0.15, -0.1) is 0 Å². The highest BCUT2D eigenvalue weighted by atomic mass is 16.4. The smallest absolute Gasteiger partial charge is 0.328 e. The first-order chi connectivity index (χ1) is 7.91. The molecular formula is C15H18O2. The van der Waals surface area contributed by atoms with Gasteiger partial charge in [-0.25, -0.2) is 4.79 Å². The van der Waals surface area contributed by atoms with Crippen LogP contribution < -0.4 is 0 Å². The van der Waals surface area contributed by atoms with Crippen molar-refractivity contribution in [2.45, 2.75) is 27.7 Å².